The highest BCUT2D eigenvalue weighted by Gasteiger charge is 2.17. The molecule has 1 aromatic rings. The van der Waals surface area contributed by atoms with Crippen molar-refractivity contribution >= 4 is 0 Å². The van der Waals surface area contributed by atoms with E-state index in [0.29, 0.717) is 17.9 Å². The van der Waals surface area contributed by atoms with Gasteiger partial charge < -0.3 is 14.9 Å². The van der Waals surface area contributed by atoms with Gasteiger partial charge in [0.05, 0.1) is 19.3 Å². The second kappa shape index (κ2) is 6.75. The topological polar surface area (TPSA) is 98.5 Å². The molecule has 1 rings (SSSR count). The van der Waals surface area contributed by atoms with Crippen molar-refractivity contribution in [3.8, 4) is 5.75 Å². The summed E-state index contributed by atoms with van der Waals surface area (Å²) in [6.07, 6.45) is -2.18. The molecule has 0 aliphatic carbocycles. The Kier molecular flexibility index (Phi) is 5.29. The zero-order valence-corrected chi connectivity index (χ0v) is 9.52. The van der Waals surface area contributed by atoms with Crippen LogP contribution >= 0.6 is 0 Å². The minimum Gasteiger partial charge on any atom is -0.494 e. The third kappa shape index (κ3) is 3.96. The summed E-state index contributed by atoms with van der Waals surface area (Å²) in [5.41, 5.74) is 8.66. The molecule has 6 heteroatoms. The Morgan fingerprint density at radius 1 is 1.35 bits per heavy atom. The van der Waals surface area contributed by atoms with E-state index in [2.05, 4.69) is 10.0 Å². The van der Waals surface area contributed by atoms with Gasteiger partial charge in [-0.2, -0.15) is 0 Å². The van der Waals surface area contributed by atoms with Crippen molar-refractivity contribution in [3.05, 3.63) is 40.3 Å². The summed E-state index contributed by atoms with van der Waals surface area (Å²) in [4.78, 5) is 2.52. The molecule has 92 valence electrons. The molecule has 0 aliphatic rings. The summed E-state index contributed by atoms with van der Waals surface area (Å²) in [5, 5.41) is 22.5. The van der Waals surface area contributed by atoms with E-state index in [1.165, 1.54) is 0 Å². The fraction of sp³-hybridized carbons (Fsp3) is 0.455. The predicted molar refractivity (Wildman–Crippen MR) is 62.6 cm³/mol. The maximum Gasteiger partial charge on any atom is 0.119 e. The van der Waals surface area contributed by atoms with Crippen LogP contribution in [0.2, 0.25) is 0 Å². The van der Waals surface area contributed by atoms with E-state index in [9.17, 15) is 10.2 Å². The first kappa shape index (κ1) is 13.3. The van der Waals surface area contributed by atoms with E-state index in [4.69, 9.17) is 10.3 Å². The lowest BCUT2D eigenvalue weighted by Crippen LogP contribution is -2.21. The van der Waals surface area contributed by atoms with E-state index < -0.39 is 12.2 Å². The first-order valence-electron chi connectivity index (χ1n) is 5.28. The van der Waals surface area contributed by atoms with Gasteiger partial charge in [-0.05, 0) is 30.2 Å². The molecule has 0 radical (unpaired) electrons. The fourth-order valence-electron chi connectivity index (χ4n) is 1.37. The third-order valence-electron chi connectivity index (χ3n) is 2.23. The third-order valence-corrected chi connectivity index (χ3v) is 2.23. The zero-order chi connectivity index (χ0) is 12.7. The predicted octanol–water partition coefficient (Wildman–Crippen LogP) is 1.79. The number of azide groups is 1. The van der Waals surface area contributed by atoms with Gasteiger partial charge in [0.2, 0.25) is 0 Å². The van der Waals surface area contributed by atoms with Gasteiger partial charge in [-0.15, -0.1) is 0 Å². The number of aliphatic hydroxyl groups is 2. The normalized spacial score (nSPS) is 13.6. The van der Waals surface area contributed by atoms with Crippen LogP contribution in [0, 0.1) is 0 Å². The van der Waals surface area contributed by atoms with Crippen LogP contribution < -0.4 is 4.74 Å². The van der Waals surface area contributed by atoms with Gasteiger partial charge in [0.1, 0.15) is 11.9 Å². The minimum atomic E-state index is -1.11. The van der Waals surface area contributed by atoms with Crippen molar-refractivity contribution in [2.24, 2.45) is 5.11 Å². The summed E-state index contributed by atoms with van der Waals surface area (Å²) < 4.78 is 5.26. The maximum absolute atomic E-state index is 9.76. The van der Waals surface area contributed by atoms with Crippen molar-refractivity contribution in [2.75, 3.05) is 13.2 Å². The average molecular weight is 237 g/mol. The first-order chi connectivity index (χ1) is 8.19. The van der Waals surface area contributed by atoms with Crippen LogP contribution in [-0.4, -0.2) is 29.5 Å². The highest BCUT2D eigenvalue weighted by molar-refractivity contribution is 5.29. The molecule has 2 N–H and O–H groups in total. The molecule has 2 unspecified atom stereocenters. The van der Waals surface area contributed by atoms with Gasteiger partial charge in [0.15, 0.2) is 0 Å². The fourth-order valence-corrected chi connectivity index (χ4v) is 1.37. The zero-order valence-electron chi connectivity index (χ0n) is 9.52. The smallest absolute Gasteiger partial charge is 0.119 e. The lowest BCUT2D eigenvalue weighted by atomic mass is 10.0. The Bertz CT molecular complexity index is 387. The number of benzene rings is 1. The quantitative estimate of drug-likeness (QED) is 0.448. The Morgan fingerprint density at radius 3 is 2.53 bits per heavy atom. The van der Waals surface area contributed by atoms with Crippen LogP contribution in [-0.2, 0) is 0 Å². The molecule has 6 nitrogen and oxygen atoms in total. The van der Waals surface area contributed by atoms with Gasteiger partial charge in [-0.25, -0.2) is 0 Å². The van der Waals surface area contributed by atoms with Crippen LogP contribution in [0.3, 0.4) is 0 Å². The summed E-state index contributed by atoms with van der Waals surface area (Å²) >= 11 is 0. The van der Waals surface area contributed by atoms with Gasteiger partial charge in [-0.3, -0.25) is 0 Å². The molecule has 0 aliphatic heterocycles. The molecule has 0 bridgehead atoms. The van der Waals surface area contributed by atoms with E-state index in [1.54, 1.807) is 24.3 Å². The van der Waals surface area contributed by atoms with E-state index in [0.717, 1.165) is 0 Å². The largest absolute Gasteiger partial charge is 0.494 e. The van der Waals surface area contributed by atoms with Crippen molar-refractivity contribution in [1.82, 2.24) is 0 Å². The molecule has 0 saturated heterocycles. The van der Waals surface area contributed by atoms with Crippen LogP contribution in [0.25, 0.3) is 10.4 Å². The highest BCUT2D eigenvalue weighted by atomic mass is 16.5. The number of rotatable bonds is 6. The van der Waals surface area contributed by atoms with Crippen LogP contribution in [0.1, 0.15) is 18.6 Å². The number of aliphatic hydroxyl groups excluding tert-OH is 2. The molecule has 0 saturated carbocycles. The molecular formula is C11H15N3O3. The van der Waals surface area contributed by atoms with Gasteiger partial charge in [-0.1, -0.05) is 17.2 Å². The highest BCUT2D eigenvalue weighted by Crippen LogP contribution is 2.20. The first-order valence-corrected chi connectivity index (χ1v) is 5.28. The SMILES string of the molecule is CCOc1ccc(C(O)C(O)CN=[N+]=[N-])cc1. The van der Waals surface area contributed by atoms with Gasteiger partial charge in [0.25, 0.3) is 0 Å². The molecule has 0 fully saturated rings. The minimum absolute atomic E-state index is 0.162. The Morgan fingerprint density at radius 2 is 2.00 bits per heavy atom. The van der Waals surface area contributed by atoms with E-state index in [1.807, 2.05) is 6.92 Å². The molecule has 0 amide bonds. The summed E-state index contributed by atoms with van der Waals surface area (Å²) in [6, 6.07) is 6.74. The number of hydrogen-bond acceptors (Lipinski definition) is 4. The summed E-state index contributed by atoms with van der Waals surface area (Å²) in [7, 11) is 0. The van der Waals surface area contributed by atoms with Gasteiger partial charge >= 0.3 is 0 Å². The van der Waals surface area contributed by atoms with Crippen molar-refractivity contribution < 1.29 is 14.9 Å². The van der Waals surface area contributed by atoms with Crippen molar-refractivity contribution in [2.45, 2.75) is 19.1 Å². The standard InChI is InChI=1S/C11H15N3O3/c1-2-17-9-5-3-8(4-6-9)11(16)10(15)7-13-14-12/h3-6,10-11,15-16H,2,7H2,1H3. The molecule has 1 aromatic carbocycles. The summed E-state index contributed by atoms with van der Waals surface area (Å²) in [6.45, 7) is 2.29. The molecule has 0 spiro atoms. The number of nitrogens with zero attached hydrogens (tertiary/aromatic N) is 3. The van der Waals surface area contributed by atoms with E-state index >= 15 is 0 Å². The van der Waals surface area contributed by atoms with Gasteiger partial charge in [0, 0.05) is 4.91 Å². The van der Waals surface area contributed by atoms with Crippen molar-refractivity contribution in [3.63, 3.8) is 0 Å². The van der Waals surface area contributed by atoms with Crippen LogP contribution in [0.15, 0.2) is 29.4 Å². The Hall–Kier alpha value is -1.75. The monoisotopic (exact) mass is 237 g/mol. The van der Waals surface area contributed by atoms with Crippen LogP contribution in [0.5, 0.6) is 5.75 Å². The number of ether oxygens (including phenoxy) is 1. The summed E-state index contributed by atoms with van der Waals surface area (Å²) in [5.74, 6) is 0.702. The lowest BCUT2D eigenvalue weighted by Gasteiger charge is -2.16. The molecule has 2 atom stereocenters. The average Bonchev–Trinajstić information content (AvgIpc) is 2.36. The Balaban J connectivity index is 2.68. The second-order valence-corrected chi connectivity index (χ2v) is 3.43. The van der Waals surface area contributed by atoms with Crippen molar-refractivity contribution in [1.29, 1.82) is 0 Å². The Labute approximate surface area is 99.1 Å². The number of hydrogen-bond donors (Lipinski definition) is 2. The molecule has 17 heavy (non-hydrogen) atoms. The molecular weight excluding hydrogens is 222 g/mol. The van der Waals surface area contributed by atoms with E-state index in [-0.39, 0.29) is 6.54 Å². The lowest BCUT2D eigenvalue weighted by molar-refractivity contribution is 0.0244. The molecule has 0 aromatic heterocycles. The maximum atomic E-state index is 9.76. The molecule has 0 heterocycles. The second-order valence-electron chi connectivity index (χ2n) is 3.43. The van der Waals surface area contributed by atoms with Crippen LogP contribution in [0.4, 0.5) is 0 Å².